The number of pyridine rings is 1. The maximum Gasteiger partial charge on any atom is 0.339 e. The van der Waals surface area contributed by atoms with E-state index in [1.807, 2.05) is 13.8 Å². The molecule has 0 saturated carbocycles. The van der Waals surface area contributed by atoms with Crippen molar-refractivity contribution in [1.82, 2.24) is 4.98 Å². The van der Waals surface area contributed by atoms with Gasteiger partial charge in [-0.25, -0.2) is 4.79 Å². The van der Waals surface area contributed by atoms with Crippen molar-refractivity contribution in [3.63, 3.8) is 0 Å². The number of carbonyl (C=O) groups excluding carboxylic acids is 1. The summed E-state index contributed by atoms with van der Waals surface area (Å²) in [5, 5.41) is 0. The smallest absolute Gasteiger partial charge is 0.339 e. The second-order valence-corrected chi connectivity index (χ2v) is 7.03. The van der Waals surface area contributed by atoms with Crippen LogP contribution in [0.4, 0.5) is 0 Å². The van der Waals surface area contributed by atoms with Crippen LogP contribution < -0.4 is 0 Å². The molecule has 0 unspecified atom stereocenters. The number of hydrogen-bond donors (Lipinski definition) is 0. The fourth-order valence-corrected chi connectivity index (χ4v) is 3.44. The van der Waals surface area contributed by atoms with Gasteiger partial charge in [-0.1, -0.05) is 37.0 Å². The Morgan fingerprint density at radius 3 is 2.62 bits per heavy atom. The number of ether oxygens (including phenoxy) is 1. The summed E-state index contributed by atoms with van der Waals surface area (Å²) in [6.45, 7) is 6.08. The van der Waals surface area contributed by atoms with Gasteiger partial charge in [-0.2, -0.15) is 0 Å². The lowest BCUT2D eigenvalue weighted by molar-refractivity contribution is 0.0524. The quantitative estimate of drug-likeness (QED) is 0.696. The molecule has 6 heteroatoms. The summed E-state index contributed by atoms with van der Waals surface area (Å²) in [5.41, 5.74) is 2.68. The third kappa shape index (κ3) is 3.57. The van der Waals surface area contributed by atoms with E-state index in [1.165, 1.54) is 11.3 Å². The van der Waals surface area contributed by atoms with E-state index in [4.69, 9.17) is 27.9 Å². The maximum absolute atomic E-state index is 12.0. The Balaban J connectivity index is 2.50. The minimum atomic E-state index is -0.352. The zero-order valence-electron chi connectivity index (χ0n) is 11.9. The highest BCUT2D eigenvalue weighted by atomic mass is 35.5. The SMILES string of the molecule is CCOC(=O)c1ccc(-c2cc(Cl)sc2Cl)nc1C(C)C. The first kappa shape index (κ1) is 16.3. The first-order chi connectivity index (χ1) is 9.93. The Bertz CT molecular complexity index is 668. The molecule has 2 aromatic rings. The fourth-order valence-electron chi connectivity index (χ4n) is 1.96. The van der Waals surface area contributed by atoms with Crippen molar-refractivity contribution in [1.29, 1.82) is 0 Å². The molecule has 0 aromatic carbocycles. The molecule has 0 aliphatic carbocycles. The van der Waals surface area contributed by atoms with E-state index in [9.17, 15) is 4.79 Å². The number of thiophene rings is 1. The van der Waals surface area contributed by atoms with Crippen molar-refractivity contribution < 1.29 is 9.53 Å². The van der Waals surface area contributed by atoms with E-state index in [-0.39, 0.29) is 11.9 Å². The van der Waals surface area contributed by atoms with Crippen molar-refractivity contribution in [2.24, 2.45) is 0 Å². The zero-order valence-corrected chi connectivity index (χ0v) is 14.3. The molecule has 0 radical (unpaired) electrons. The van der Waals surface area contributed by atoms with E-state index in [2.05, 4.69) is 4.98 Å². The van der Waals surface area contributed by atoms with E-state index >= 15 is 0 Å². The van der Waals surface area contributed by atoms with Crippen molar-refractivity contribution in [2.45, 2.75) is 26.7 Å². The van der Waals surface area contributed by atoms with Crippen LogP contribution in [0.2, 0.25) is 8.67 Å². The van der Waals surface area contributed by atoms with Gasteiger partial charge in [-0.15, -0.1) is 11.3 Å². The van der Waals surface area contributed by atoms with Gasteiger partial charge in [0.15, 0.2) is 0 Å². The van der Waals surface area contributed by atoms with Crippen molar-refractivity contribution in [2.75, 3.05) is 6.61 Å². The van der Waals surface area contributed by atoms with Crippen LogP contribution in [0.1, 0.15) is 42.7 Å². The molecule has 2 heterocycles. The molecule has 0 fully saturated rings. The molecule has 0 bridgehead atoms. The minimum Gasteiger partial charge on any atom is -0.462 e. The number of esters is 1. The van der Waals surface area contributed by atoms with Crippen LogP contribution in [0.25, 0.3) is 11.3 Å². The van der Waals surface area contributed by atoms with E-state index in [0.717, 1.165) is 5.56 Å². The van der Waals surface area contributed by atoms with Crippen molar-refractivity contribution in [3.05, 3.63) is 38.1 Å². The number of nitrogens with zero attached hydrogens (tertiary/aromatic N) is 1. The third-order valence-electron chi connectivity index (χ3n) is 2.90. The van der Waals surface area contributed by atoms with Gasteiger partial charge in [-0.3, -0.25) is 4.98 Å². The molecule has 112 valence electrons. The number of aromatic nitrogens is 1. The molecule has 21 heavy (non-hydrogen) atoms. The standard InChI is InChI=1S/C15H15Cl2NO2S/c1-4-20-15(19)9-5-6-11(18-13(9)8(2)3)10-7-12(16)21-14(10)17/h5-8H,4H2,1-3H3. The van der Waals surface area contributed by atoms with Crippen LogP contribution >= 0.6 is 34.5 Å². The Labute approximate surface area is 137 Å². The first-order valence-corrected chi connectivity index (χ1v) is 8.14. The summed E-state index contributed by atoms with van der Waals surface area (Å²) in [6, 6.07) is 5.28. The Morgan fingerprint density at radius 1 is 1.38 bits per heavy atom. The van der Waals surface area contributed by atoms with Crippen LogP contribution in [0.15, 0.2) is 18.2 Å². The topological polar surface area (TPSA) is 39.2 Å². The van der Waals surface area contributed by atoms with Gasteiger partial charge >= 0.3 is 5.97 Å². The van der Waals surface area contributed by atoms with Gasteiger partial charge in [0.2, 0.25) is 0 Å². The van der Waals surface area contributed by atoms with E-state index < -0.39 is 0 Å². The normalized spacial score (nSPS) is 11.0. The Morgan fingerprint density at radius 2 is 2.10 bits per heavy atom. The summed E-state index contributed by atoms with van der Waals surface area (Å²) >= 11 is 13.4. The monoisotopic (exact) mass is 343 g/mol. The molecule has 0 spiro atoms. The van der Waals surface area contributed by atoms with Crippen molar-refractivity contribution in [3.8, 4) is 11.3 Å². The second-order valence-electron chi connectivity index (χ2n) is 4.74. The number of carbonyl (C=O) groups is 1. The summed E-state index contributed by atoms with van der Waals surface area (Å²) in [5.74, 6) is -0.257. The lowest BCUT2D eigenvalue weighted by Crippen LogP contribution is -2.11. The van der Waals surface area contributed by atoms with Gasteiger partial charge in [0.1, 0.15) is 4.34 Å². The molecule has 0 atom stereocenters. The number of rotatable bonds is 4. The van der Waals surface area contributed by atoms with Crippen LogP contribution in [0, 0.1) is 0 Å². The Kier molecular flexibility index (Phi) is 5.25. The van der Waals surface area contributed by atoms with Gasteiger partial charge in [0.25, 0.3) is 0 Å². The fraction of sp³-hybridized carbons (Fsp3) is 0.333. The minimum absolute atomic E-state index is 0.0947. The average molecular weight is 344 g/mol. The van der Waals surface area contributed by atoms with Crippen molar-refractivity contribution >= 4 is 40.5 Å². The van der Waals surface area contributed by atoms with Gasteiger partial charge < -0.3 is 4.74 Å². The zero-order chi connectivity index (χ0) is 15.6. The molecule has 0 amide bonds. The highest BCUT2D eigenvalue weighted by molar-refractivity contribution is 7.20. The largest absolute Gasteiger partial charge is 0.462 e. The molecule has 2 aromatic heterocycles. The predicted molar refractivity (Wildman–Crippen MR) is 87.6 cm³/mol. The van der Waals surface area contributed by atoms with Gasteiger partial charge in [0.05, 0.1) is 27.9 Å². The lowest BCUT2D eigenvalue weighted by Gasteiger charge is -2.12. The predicted octanol–water partition coefficient (Wildman–Crippen LogP) is 5.42. The highest BCUT2D eigenvalue weighted by Crippen LogP contribution is 2.38. The maximum atomic E-state index is 12.0. The lowest BCUT2D eigenvalue weighted by atomic mass is 10.0. The molecule has 2 rings (SSSR count). The molecule has 0 aliphatic rings. The summed E-state index contributed by atoms with van der Waals surface area (Å²) in [4.78, 5) is 16.6. The average Bonchev–Trinajstić information content (AvgIpc) is 2.77. The highest BCUT2D eigenvalue weighted by Gasteiger charge is 2.19. The van der Waals surface area contributed by atoms with Crippen LogP contribution in [-0.2, 0) is 4.74 Å². The molecular weight excluding hydrogens is 329 g/mol. The molecule has 0 saturated heterocycles. The number of hydrogen-bond acceptors (Lipinski definition) is 4. The van der Waals surface area contributed by atoms with Crippen LogP contribution in [-0.4, -0.2) is 17.6 Å². The van der Waals surface area contributed by atoms with Crippen LogP contribution in [0.5, 0.6) is 0 Å². The number of halogens is 2. The third-order valence-corrected chi connectivity index (χ3v) is 4.39. The van der Waals surface area contributed by atoms with E-state index in [1.54, 1.807) is 25.1 Å². The Hall–Kier alpha value is -1.10. The first-order valence-electron chi connectivity index (χ1n) is 6.57. The second kappa shape index (κ2) is 6.77. The molecule has 3 nitrogen and oxygen atoms in total. The molecule has 0 N–H and O–H groups in total. The van der Waals surface area contributed by atoms with E-state index in [0.29, 0.717) is 32.2 Å². The van der Waals surface area contributed by atoms with Crippen LogP contribution in [0.3, 0.4) is 0 Å². The van der Waals surface area contributed by atoms with Gasteiger partial charge in [-0.05, 0) is 31.0 Å². The van der Waals surface area contributed by atoms with Gasteiger partial charge in [0, 0.05) is 5.56 Å². The summed E-state index contributed by atoms with van der Waals surface area (Å²) < 4.78 is 6.27. The summed E-state index contributed by atoms with van der Waals surface area (Å²) in [6.07, 6.45) is 0. The molecule has 0 aliphatic heterocycles. The summed E-state index contributed by atoms with van der Waals surface area (Å²) in [7, 11) is 0. The molecular formula is C15H15Cl2NO2S.